The van der Waals surface area contributed by atoms with Crippen LogP contribution in [0.1, 0.15) is 44.6 Å². The zero-order valence-corrected chi connectivity index (χ0v) is 12.3. The predicted molar refractivity (Wildman–Crippen MR) is 79.2 cm³/mol. The first-order valence-electron chi connectivity index (χ1n) is 7.69. The van der Waals surface area contributed by atoms with E-state index in [0.717, 1.165) is 12.1 Å². The summed E-state index contributed by atoms with van der Waals surface area (Å²) in [6.07, 6.45) is 6.75. The number of rotatable bonds is 6. The van der Waals surface area contributed by atoms with Crippen LogP contribution in [-0.4, -0.2) is 29.8 Å². The number of halogens is 1. The summed E-state index contributed by atoms with van der Waals surface area (Å²) >= 11 is 0. The topological polar surface area (TPSA) is 20.3 Å². The van der Waals surface area contributed by atoms with E-state index < -0.39 is 0 Å². The fourth-order valence-electron chi connectivity index (χ4n) is 3.06. The summed E-state index contributed by atoms with van der Waals surface area (Å²) in [7, 11) is 0. The van der Waals surface area contributed by atoms with Crippen LogP contribution in [0.5, 0.6) is 0 Å². The first kappa shape index (κ1) is 15.2. The molecule has 0 aromatic heterocycles. The highest BCUT2D eigenvalue weighted by Gasteiger charge is 2.21. The lowest BCUT2D eigenvalue weighted by Gasteiger charge is -2.33. The average Bonchev–Trinajstić information content (AvgIpc) is 2.48. The summed E-state index contributed by atoms with van der Waals surface area (Å²) in [4.78, 5) is 14.5. The van der Waals surface area contributed by atoms with Crippen LogP contribution >= 0.6 is 0 Å². The van der Waals surface area contributed by atoms with Gasteiger partial charge in [0.25, 0.3) is 0 Å². The Morgan fingerprint density at radius 2 is 1.85 bits per heavy atom. The summed E-state index contributed by atoms with van der Waals surface area (Å²) in [5.74, 6) is -0.0254. The van der Waals surface area contributed by atoms with Gasteiger partial charge in [0.1, 0.15) is 5.82 Å². The van der Waals surface area contributed by atoms with Gasteiger partial charge >= 0.3 is 0 Å². The molecule has 0 aliphatic heterocycles. The third-order valence-corrected chi connectivity index (χ3v) is 4.19. The Balaban J connectivity index is 1.86. The molecule has 1 aliphatic carbocycles. The molecule has 110 valence electrons. The van der Waals surface area contributed by atoms with Crippen LogP contribution in [0.25, 0.3) is 0 Å². The summed E-state index contributed by atoms with van der Waals surface area (Å²) in [5.41, 5.74) is 0.899. The van der Waals surface area contributed by atoms with E-state index in [2.05, 4.69) is 11.8 Å². The smallest absolute Gasteiger partial charge is 0.151 e. The van der Waals surface area contributed by atoms with Crippen molar-refractivity contribution in [3.63, 3.8) is 0 Å². The van der Waals surface area contributed by atoms with Crippen molar-refractivity contribution in [3.05, 3.63) is 35.6 Å². The Bertz CT molecular complexity index is 423. The van der Waals surface area contributed by atoms with Crippen molar-refractivity contribution >= 4 is 5.78 Å². The normalized spacial score (nSPS) is 16.6. The van der Waals surface area contributed by atoms with Gasteiger partial charge in [-0.25, -0.2) is 4.39 Å². The highest BCUT2D eigenvalue weighted by Crippen LogP contribution is 2.22. The molecule has 1 fully saturated rings. The Morgan fingerprint density at radius 1 is 1.20 bits per heavy atom. The van der Waals surface area contributed by atoms with E-state index in [1.807, 2.05) is 0 Å². The lowest BCUT2D eigenvalue weighted by atomic mass is 9.94. The molecule has 0 atom stereocenters. The summed E-state index contributed by atoms with van der Waals surface area (Å²) in [6, 6.07) is 6.81. The van der Waals surface area contributed by atoms with Gasteiger partial charge < -0.3 is 0 Å². The van der Waals surface area contributed by atoms with Crippen molar-refractivity contribution < 1.29 is 9.18 Å². The second kappa shape index (κ2) is 7.53. The van der Waals surface area contributed by atoms with Crippen LogP contribution in [0.3, 0.4) is 0 Å². The monoisotopic (exact) mass is 277 g/mol. The molecular formula is C17H24FNO. The van der Waals surface area contributed by atoms with Crippen molar-refractivity contribution in [2.45, 2.75) is 51.5 Å². The molecule has 0 saturated heterocycles. The zero-order valence-electron chi connectivity index (χ0n) is 12.3. The third-order valence-electron chi connectivity index (χ3n) is 4.19. The molecule has 0 heterocycles. The van der Waals surface area contributed by atoms with Crippen molar-refractivity contribution in [2.75, 3.05) is 13.1 Å². The largest absolute Gasteiger partial charge is 0.298 e. The van der Waals surface area contributed by atoms with Gasteiger partial charge in [-0.05, 0) is 37.1 Å². The molecule has 1 saturated carbocycles. The van der Waals surface area contributed by atoms with Crippen LogP contribution in [0.15, 0.2) is 24.3 Å². The van der Waals surface area contributed by atoms with Crippen LogP contribution < -0.4 is 0 Å². The van der Waals surface area contributed by atoms with Crippen molar-refractivity contribution in [1.29, 1.82) is 0 Å². The minimum Gasteiger partial charge on any atom is -0.298 e. The number of nitrogens with zero attached hydrogens (tertiary/aromatic N) is 1. The van der Waals surface area contributed by atoms with Gasteiger partial charge in [0.05, 0.1) is 6.54 Å². The second-order valence-electron chi connectivity index (χ2n) is 5.70. The van der Waals surface area contributed by atoms with Gasteiger partial charge in [0, 0.05) is 12.5 Å². The van der Waals surface area contributed by atoms with Gasteiger partial charge in [-0.15, -0.1) is 0 Å². The van der Waals surface area contributed by atoms with Crippen LogP contribution in [0, 0.1) is 5.82 Å². The average molecular weight is 277 g/mol. The van der Waals surface area contributed by atoms with Crippen molar-refractivity contribution in [2.24, 2.45) is 0 Å². The van der Waals surface area contributed by atoms with Gasteiger partial charge in [-0.1, -0.05) is 38.3 Å². The van der Waals surface area contributed by atoms with Crippen LogP contribution in [-0.2, 0) is 11.2 Å². The van der Waals surface area contributed by atoms with E-state index in [-0.39, 0.29) is 11.6 Å². The minimum absolute atomic E-state index is 0.226. The predicted octanol–water partition coefficient (Wildman–Crippen LogP) is 3.59. The molecule has 20 heavy (non-hydrogen) atoms. The van der Waals surface area contributed by atoms with Gasteiger partial charge in [0.15, 0.2) is 5.78 Å². The number of carbonyl (C=O) groups excluding carboxylic acids is 1. The molecule has 0 N–H and O–H groups in total. The fourth-order valence-corrected chi connectivity index (χ4v) is 3.06. The highest BCUT2D eigenvalue weighted by molar-refractivity contribution is 5.82. The molecule has 1 aliphatic rings. The van der Waals surface area contributed by atoms with E-state index in [1.54, 1.807) is 12.1 Å². The lowest BCUT2D eigenvalue weighted by Crippen LogP contribution is -2.40. The lowest BCUT2D eigenvalue weighted by molar-refractivity contribution is -0.120. The fraction of sp³-hybridized carbons (Fsp3) is 0.588. The number of hydrogen-bond donors (Lipinski definition) is 0. The molecule has 1 aromatic carbocycles. The quantitative estimate of drug-likeness (QED) is 0.792. The minimum atomic E-state index is -0.251. The zero-order chi connectivity index (χ0) is 14.4. The van der Waals surface area contributed by atoms with Gasteiger partial charge in [0.2, 0.25) is 0 Å². The summed E-state index contributed by atoms with van der Waals surface area (Å²) in [5, 5.41) is 0. The summed E-state index contributed by atoms with van der Waals surface area (Å²) in [6.45, 7) is 3.58. The molecule has 0 radical (unpaired) electrons. The van der Waals surface area contributed by atoms with E-state index >= 15 is 0 Å². The van der Waals surface area contributed by atoms with Gasteiger partial charge in [-0.2, -0.15) is 0 Å². The number of likely N-dealkylation sites (N-methyl/N-ethyl adjacent to an activating group) is 1. The highest BCUT2D eigenvalue weighted by atomic mass is 19.1. The molecule has 1 aromatic rings. The molecule has 3 heteroatoms. The molecule has 0 unspecified atom stereocenters. The van der Waals surface area contributed by atoms with Crippen LogP contribution in [0.2, 0.25) is 0 Å². The number of carbonyl (C=O) groups is 1. The first-order valence-corrected chi connectivity index (χ1v) is 7.69. The molecule has 2 nitrogen and oxygen atoms in total. The Hall–Kier alpha value is -1.22. The molecular weight excluding hydrogens is 253 g/mol. The second-order valence-corrected chi connectivity index (χ2v) is 5.70. The Labute approximate surface area is 121 Å². The first-order chi connectivity index (χ1) is 9.69. The Kier molecular flexibility index (Phi) is 5.72. The van der Waals surface area contributed by atoms with Crippen molar-refractivity contribution in [1.82, 2.24) is 4.90 Å². The maximum absolute atomic E-state index is 12.8. The van der Waals surface area contributed by atoms with E-state index in [9.17, 15) is 9.18 Å². The third kappa shape index (κ3) is 4.41. The molecule has 0 bridgehead atoms. The van der Waals surface area contributed by atoms with Crippen molar-refractivity contribution in [3.8, 4) is 0 Å². The van der Waals surface area contributed by atoms with E-state index in [1.165, 1.54) is 44.2 Å². The van der Waals surface area contributed by atoms with Crippen LogP contribution in [0.4, 0.5) is 4.39 Å². The standard InChI is InChI=1S/C17H24FNO/c1-2-19(16-6-4-3-5-7-16)13-17(20)12-14-8-10-15(18)11-9-14/h8-11,16H,2-7,12-13H2,1H3. The number of hydrogen-bond acceptors (Lipinski definition) is 2. The number of ketones is 1. The van der Waals surface area contributed by atoms with E-state index in [0.29, 0.717) is 19.0 Å². The maximum atomic E-state index is 12.8. The Morgan fingerprint density at radius 3 is 2.45 bits per heavy atom. The molecule has 2 rings (SSSR count). The molecule has 0 amide bonds. The summed E-state index contributed by atoms with van der Waals surface area (Å²) < 4.78 is 12.8. The van der Waals surface area contributed by atoms with E-state index in [4.69, 9.17) is 0 Å². The molecule has 0 spiro atoms. The van der Waals surface area contributed by atoms with Gasteiger partial charge in [-0.3, -0.25) is 9.69 Å². The number of Topliss-reactive ketones (excluding diaryl/α,β-unsaturated/α-hetero) is 1. The maximum Gasteiger partial charge on any atom is 0.151 e. The SMILES string of the molecule is CCN(CC(=O)Cc1ccc(F)cc1)C1CCCCC1. The number of benzene rings is 1.